The second-order valence-electron chi connectivity index (χ2n) is 5.73. The van der Waals surface area contributed by atoms with E-state index in [1.807, 2.05) is 12.5 Å². The quantitative estimate of drug-likeness (QED) is 0.885. The molecule has 100 valence electrons. The second-order valence-corrected chi connectivity index (χ2v) is 5.73. The molecule has 0 aromatic carbocycles. The monoisotopic (exact) mass is 248 g/mol. The largest absolute Gasteiger partial charge is 0.333 e. The maximum atomic E-state index is 6.41. The van der Waals surface area contributed by atoms with E-state index >= 15 is 0 Å². The summed E-state index contributed by atoms with van der Waals surface area (Å²) in [5, 5.41) is 0. The van der Waals surface area contributed by atoms with Crippen molar-refractivity contribution in [3.8, 4) is 0 Å². The first-order valence-electron chi connectivity index (χ1n) is 7.32. The topological polar surface area (TPSA) is 47.1 Å². The molecule has 0 bridgehead atoms. The molecule has 0 spiro atoms. The van der Waals surface area contributed by atoms with Crippen LogP contribution < -0.4 is 5.73 Å². The fraction of sp³-hybridized carbons (Fsp3) is 0.786. The van der Waals surface area contributed by atoms with Crippen molar-refractivity contribution < 1.29 is 0 Å². The van der Waals surface area contributed by atoms with Crippen molar-refractivity contribution in [3.05, 3.63) is 18.2 Å². The van der Waals surface area contributed by atoms with Gasteiger partial charge in [0.1, 0.15) is 0 Å². The number of nitrogens with two attached hydrogens (primary N) is 1. The molecule has 1 saturated heterocycles. The standard InChI is InChI=1S/C14H24N4/c1-2-7-17-10-16-9-13(17)14-12(15)4-3-8-18(14)11-5-6-11/h9-12,14H,2-8,15H2,1H3. The first kappa shape index (κ1) is 12.2. The summed E-state index contributed by atoms with van der Waals surface area (Å²) in [6.07, 6.45) is 10.2. The Bertz CT molecular complexity index is 396. The van der Waals surface area contributed by atoms with Gasteiger partial charge in [-0.05, 0) is 38.6 Å². The van der Waals surface area contributed by atoms with E-state index in [0.29, 0.717) is 6.04 Å². The Balaban J connectivity index is 1.87. The Morgan fingerprint density at radius 1 is 1.39 bits per heavy atom. The van der Waals surface area contributed by atoms with Crippen LogP contribution >= 0.6 is 0 Å². The van der Waals surface area contributed by atoms with Crippen LogP contribution in [0.15, 0.2) is 12.5 Å². The Kier molecular flexibility index (Phi) is 3.39. The number of aryl methyl sites for hydroxylation is 1. The van der Waals surface area contributed by atoms with E-state index in [2.05, 4.69) is 21.4 Å². The predicted octanol–water partition coefficient (Wildman–Crippen LogP) is 1.92. The van der Waals surface area contributed by atoms with Crippen LogP contribution in [-0.4, -0.2) is 33.1 Å². The van der Waals surface area contributed by atoms with Crippen LogP contribution in [0.3, 0.4) is 0 Å². The third-order valence-electron chi connectivity index (χ3n) is 4.24. The zero-order chi connectivity index (χ0) is 12.5. The Hall–Kier alpha value is -0.870. The highest BCUT2D eigenvalue weighted by Crippen LogP contribution is 2.39. The number of likely N-dealkylation sites (tertiary alicyclic amines) is 1. The highest BCUT2D eigenvalue weighted by Gasteiger charge is 2.40. The van der Waals surface area contributed by atoms with Gasteiger partial charge in [-0.2, -0.15) is 0 Å². The van der Waals surface area contributed by atoms with Gasteiger partial charge in [0.15, 0.2) is 0 Å². The average molecular weight is 248 g/mol. The van der Waals surface area contributed by atoms with Gasteiger partial charge in [-0.1, -0.05) is 6.92 Å². The van der Waals surface area contributed by atoms with Gasteiger partial charge in [0.25, 0.3) is 0 Å². The van der Waals surface area contributed by atoms with Gasteiger partial charge in [-0.15, -0.1) is 0 Å². The molecular formula is C14H24N4. The third-order valence-corrected chi connectivity index (χ3v) is 4.24. The minimum absolute atomic E-state index is 0.270. The van der Waals surface area contributed by atoms with E-state index in [1.165, 1.54) is 31.5 Å². The Labute approximate surface area is 109 Å². The lowest BCUT2D eigenvalue weighted by molar-refractivity contribution is 0.113. The molecule has 4 nitrogen and oxygen atoms in total. The van der Waals surface area contributed by atoms with Gasteiger partial charge < -0.3 is 10.3 Å². The van der Waals surface area contributed by atoms with Crippen LogP contribution in [0.1, 0.15) is 50.8 Å². The minimum Gasteiger partial charge on any atom is -0.333 e. The summed E-state index contributed by atoms with van der Waals surface area (Å²) in [6, 6.07) is 1.44. The number of hydrogen-bond donors (Lipinski definition) is 1. The number of nitrogens with zero attached hydrogens (tertiary/aromatic N) is 3. The molecule has 1 aliphatic carbocycles. The summed E-state index contributed by atoms with van der Waals surface area (Å²) in [7, 11) is 0. The molecule has 1 aromatic rings. The maximum absolute atomic E-state index is 6.41. The molecule has 2 aliphatic rings. The van der Waals surface area contributed by atoms with E-state index in [9.17, 15) is 0 Å². The summed E-state index contributed by atoms with van der Waals surface area (Å²) in [6.45, 7) is 4.47. The van der Waals surface area contributed by atoms with E-state index in [1.54, 1.807) is 0 Å². The molecule has 2 fully saturated rings. The van der Waals surface area contributed by atoms with Crippen molar-refractivity contribution in [1.82, 2.24) is 14.5 Å². The zero-order valence-electron chi connectivity index (χ0n) is 11.3. The lowest BCUT2D eigenvalue weighted by atomic mass is 9.94. The maximum Gasteiger partial charge on any atom is 0.0948 e. The summed E-state index contributed by atoms with van der Waals surface area (Å²) in [5.41, 5.74) is 7.74. The van der Waals surface area contributed by atoms with Crippen LogP contribution in [-0.2, 0) is 6.54 Å². The van der Waals surface area contributed by atoms with E-state index in [0.717, 1.165) is 25.4 Å². The van der Waals surface area contributed by atoms with Crippen molar-refractivity contribution in [2.24, 2.45) is 5.73 Å². The molecule has 1 aromatic heterocycles. The number of hydrogen-bond acceptors (Lipinski definition) is 3. The molecule has 2 heterocycles. The number of rotatable bonds is 4. The van der Waals surface area contributed by atoms with Gasteiger partial charge in [-0.3, -0.25) is 4.90 Å². The van der Waals surface area contributed by atoms with E-state index in [-0.39, 0.29) is 6.04 Å². The smallest absolute Gasteiger partial charge is 0.0948 e. The van der Waals surface area contributed by atoms with Gasteiger partial charge in [0.2, 0.25) is 0 Å². The summed E-state index contributed by atoms with van der Waals surface area (Å²) < 4.78 is 2.30. The molecule has 0 radical (unpaired) electrons. The molecule has 2 unspecified atom stereocenters. The van der Waals surface area contributed by atoms with Crippen molar-refractivity contribution in [3.63, 3.8) is 0 Å². The molecular weight excluding hydrogens is 224 g/mol. The van der Waals surface area contributed by atoms with Crippen LogP contribution in [0, 0.1) is 0 Å². The predicted molar refractivity (Wildman–Crippen MR) is 72.2 cm³/mol. The van der Waals surface area contributed by atoms with Gasteiger partial charge >= 0.3 is 0 Å². The number of aromatic nitrogens is 2. The fourth-order valence-corrected chi connectivity index (χ4v) is 3.26. The Morgan fingerprint density at radius 3 is 2.94 bits per heavy atom. The molecule has 2 atom stereocenters. The summed E-state index contributed by atoms with van der Waals surface area (Å²) in [5.74, 6) is 0. The van der Waals surface area contributed by atoms with Crippen LogP contribution in [0.4, 0.5) is 0 Å². The zero-order valence-corrected chi connectivity index (χ0v) is 11.3. The van der Waals surface area contributed by atoms with Crippen molar-refractivity contribution in [2.45, 2.75) is 63.7 Å². The van der Waals surface area contributed by atoms with E-state index < -0.39 is 0 Å². The summed E-state index contributed by atoms with van der Waals surface area (Å²) in [4.78, 5) is 6.98. The normalized spacial score (nSPS) is 29.7. The third kappa shape index (κ3) is 2.19. The minimum atomic E-state index is 0.270. The molecule has 3 rings (SSSR count). The Morgan fingerprint density at radius 2 is 2.22 bits per heavy atom. The highest BCUT2D eigenvalue weighted by molar-refractivity contribution is 5.12. The molecule has 1 aliphatic heterocycles. The van der Waals surface area contributed by atoms with Crippen molar-refractivity contribution in [1.29, 1.82) is 0 Å². The van der Waals surface area contributed by atoms with Crippen molar-refractivity contribution >= 4 is 0 Å². The second kappa shape index (κ2) is 5.02. The first-order chi connectivity index (χ1) is 8.81. The van der Waals surface area contributed by atoms with Crippen LogP contribution in [0.5, 0.6) is 0 Å². The van der Waals surface area contributed by atoms with Crippen LogP contribution in [0.2, 0.25) is 0 Å². The summed E-state index contributed by atoms with van der Waals surface area (Å²) >= 11 is 0. The van der Waals surface area contributed by atoms with E-state index in [4.69, 9.17) is 5.73 Å². The molecule has 18 heavy (non-hydrogen) atoms. The fourth-order valence-electron chi connectivity index (χ4n) is 3.26. The number of imidazole rings is 1. The number of piperidine rings is 1. The molecule has 2 N–H and O–H groups in total. The SMILES string of the molecule is CCCn1cncc1C1C(N)CCCN1C1CC1. The van der Waals surface area contributed by atoms with Gasteiger partial charge in [-0.25, -0.2) is 4.98 Å². The van der Waals surface area contributed by atoms with Gasteiger partial charge in [0, 0.05) is 24.8 Å². The van der Waals surface area contributed by atoms with Gasteiger partial charge in [0.05, 0.1) is 18.1 Å². The molecule has 4 heteroatoms. The van der Waals surface area contributed by atoms with Crippen molar-refractivity contribution in [2.75, 3.05) is 6.54 Å². The lowest BCUT2D eigenvalue weighted by Crippen LogP contribution is -2.47. The lowest BCUT2D eigenvalue weighted by Gasteiger charge is -2.40. The first-order valence-corrected chi connectivity index (χ1v) is 7.32. The molecule has 0 amide bonds. The molecule has 1 saturated carbocycles. The van der Waals surface area contributed by atoms with Crippen LogP contribution in [0.25, 0.3) is 0 Å². The average Bonchev–Trinajstić information content (AvgIpc) is 3.11. The highest BCUT2D eigenvalue weighted by atomic mass is 15.3.